The molecule has 0 N–H and O–H groups in total. The van der Waals surface area contributed by atoms with Crippen LogP contribution in [0.2, 0.25) is 0 Å². The molecule has 44 heavy (non-hydrogen) atoms. The van der Waals surface area contributed by atoms with Crippen molar-refractivity contribution < 1.29 is 38.2 Å². The van der Waals surface area contributed by atoms with Crippen LogP contribution >= 0.6 is 0 Å². The van der Waals surface area contributed by atoms with Gasteiger partial charge in [-0.2, -0.15) is 5.06 Å². The molecule has 0 aromatic heterocycles. The molecule has 9 nitrogen and oxygen atoms in total. The third-order valence-corrected chi connectivity index (χ3v) is 9.78. The predicted octanol–water partition coefficient (Wildman–Crippen LogP) is 6.43. The molecule has 1 aliphatic rings. The van der Waals surface area contributed by atoms with E-state index in [0.717, 1.165) is 18.4 Å². The fourth-order valence-corrected chi connectivity index (χ4v) is 6.27. The zero-order chi connectivity index (χ0) is 33.1. The average molecular weight is 618 g/mol. The Bertz CT molecular complexity index is 1090. The summed E-state index contributed by atoms with van der Waals surface area (Å²) in [5.74, 6) is -3.17. The predicted molar refractivity (Wildman–Crippen MR) is 168 cm³/mol. The van der Waals surface area contributed by atoms with E-state index in [2.05, 4.69) is 0 Å². The first-order chi connectivity index (χ1) is 20.8. The Morgan fingerprint density at radius 1 is 0.909 bits per heavy atom. The molecule has 1 aliphatic heterocycles. The van der Waals surface area contributed by atoms with Crippen LogP contribution in [0.3, 0.4) is 0 Å². The molecule has 0 saturated carbocycles. The zero-order valence-electron chi connectivity index (χ0n) is 28.4. The van der Waals surface area contributed by atoms with E-state index in [0.29, 0.717) is 25.9 Å². The number of ketones is 1. The highest BCUT2D eigenvalue weighted by Crippen LogP contribution is 2.45. The molecule has 0 bridgehead atoms. The Morgan fingerprint density at radius 2 is 1.52 bits per heavy atom. The van der Waals surface area contributed by atoms with Crippen LogP contribution in [0.25, 0.3) is 0 Å². The van der Waals surface area contributed by atoms with Crippen LogP contribution in [0, 0.1) is 17.8 Å². The molecule has 1 aromatic rings. The van der Waals surface area contributed by atoms with Gasteiger partial charge in [0.15, 0.2) is 6.10 Å². The van der Waals surface area contributed by atoms with Gasteiger partial charge >= 0.3 is 17.9 Å². The summed E-state index contributed by atoms with van der Waals surface area (Å²) in [6.45, 7) is 14.2. The van der Waals surface area contributed by atoms with Gasteiger partial charge in [-0.3, -0.25) is 19.2 Å². The van der Waals surface area contributed by atoms with Gasteiger partial charge in [0.05, 0.1) is 43.7 Å². The van der Waals surface area contributed by atoms with Crippen LogP contribution in [0.5, 0.6) is 0 Å². The van der Waals surface area contributed by atoms with Crippen molar-refractivity contribution in [1.29, 1.82) is 0 Å². The maximum absolute atomic E-state index is 13.4. The van der Waals surface area contributed by atoms with Crippen LogP contribution < -0.4 is 0 Å². The minimum atomic E-state index is -1.16. The van der Waals surface area contributed by atoms with Gasteiger partial charge in [-0.25, -0.2) is 4.79 Å². The lowest BCUT2D eigenvalue weighted by Crippen LogP contribution is -2.67. The van der Waals surface area contributed by atoms with Crippen LogP contribution in [0.1, 0.15) is 111 Å². The summed E-state index contributed by atoms with van der Waals surface area (Å²) in [6, 6.07) is 9.89. The van der Waals surface area contributed by atoms with Gasteiger partial charge in [-0.15, -0.1) is 0 Å². The lowest BCUT2D eigenvalue weighted by molar-refractivity contribution is -0.315. The van der Waals surface area contributed by atoms with E-state index in [1.165, 1.54) is 14.2 Å². The fraction of sp³-hybridized carbons (Fsp3) is 0.714. The average Bonchev–Trinajstić information content (AvgIpc) is 3.03. The van der Waals surface area contributed by atoms with E-state index in [-0.39, 0.29) is 42.9 Å². The fourth-order valence-electron chi connectivity index (χ4n) is 6.27. The smallest absolute Gasteiger partial charge is 0.337 e. The van der Waals surface area contributed by atoms with Crippen LogP contribution in [0.4, 0.5) is 0 Å². The Morgan fingerprint density at radius 3 is 2.07 bits per heavy atom. The highest BCUT2D eigenvalue weighted by atomic mass is 16.7. The first kappa shape index (κ1) is 37.4. The minimum absolute atomic E-state index is 0.0220. The number of carbonyl (C=O) groups is 4. The van der Waals surface area contributed by atoms with Crippen LogP contribution in [0.15, 0.2) is 30.3 Å². The summed E-state index contributed by atoms with van der Waals surface area (Å²) in [4.78, 5) is 59.5. The topological polar surface area (TPSA) is 108 Å². The maximum atomic E-state index is 13.4. The molecule has 2 rings (SSSR count). The number of benzene rings is 1. The molecule has 1 heterocycles. The largest absolute Gasteiger partial charge is 0.469 e. The summed E-state index contributed by atoms with van der Waals surface area (Å²) in [7, 11) is 2.58. The standard InChI is InChI=1S/C35H55NO8/c1-10-13-19-43-32(39)27(20-24(4)26-17-15-14-16-18-26)21-28(31(38)41-8)22-30(33(40)42-9)44-36-34(6,11-2)23-29(37)25(5)35(36,7)12-3/h14-18,24-25,27-28,30H,10-13,19-23H2,1-9H3. The Kier molecular flexibility index (Phi) is 14.5. The monoisotopic (exact) mass is 617 g/mol. The molecule has 0 spiro atoms. The lowest BCUT2D eigenvalue weighted by atomic mass is 9.70. The first-order valence-electron chi connectivity index (χ1n) is 16.2. The van der Waals surface area contributed by atoms with Gasteiger partial charge in [-0.05, 0) is 63.9 Å². The molecule has 7 atom stereocenters. The van der Waals surface area contributed by atoms with Crippen molar-refractivity contribution in [1.82, 2.24) is 5.06 Å². The van der Waals surface area contributed by atoms with E-state index in [1.807, 2.05) is 83.9 Å². The number of esters is 3. The van der Waals surface area contributed by atoms with Crippen molar-refractivity contribution in [2.24, 2.45) is 17.8 Å². The summed E-state index contributed by atoms with van der Waals surface area (Å²) < 4.78 is 16.0. The molecular weight excluding hydrogens is 562 g/mol. The zero-order valence-corrected chi connectivity index (χ0v) is 28.4. The number of ether oxygens (including phenoxy) is 3. The minimum Gasteiger partial charge on any atom is -0.469 e. The van der Waals surface area contributed by atoms with E-state index >= 15 is 0 Å². The van der Waals surface area contributed by atoms with E-state index in [1.54, 1.807) is 0 Å². The number of methoxy groups -OCH3 is 2. The van der Waals surface area contributed by atoms with Crippen LogP contribution in [-0.4, -0.2) is 66.8 Å². The summed E-state index contributed by atoms with van der Waals surface area (Å²) in [5.41, 5.74) is -0.280. The van der Waals surface area contributed by atoms with Gasteiger partial charge in [0.1, 0.15) is 5.78 Å². The second-order valence-electron chi connectivity index (χ2n) is 12.8. The van der Waals surface area contributed by atoms with Gasteiger partial charge in [0.25, 0.3) is 0 Å². The number of rotatable bonds is 17. The third-order valence-electron chi connectivity index (χ3n) is 9.78. The van der Waals surface area contributed by atoms with Crippen molar-refractivity contribution in [3.05, 3.63) is 35.9 Å². The normalized spacial score (nSPS) is 25.0. The summed E-state index contributed by atoms with van der Waals surface area (Å²) >= 11 is 0. The number of unbranched alkanes of at least 4 members (excludes halogenated alkanes) is 1. The highest BCUT2D eigenvalue weighted by Gasteiger charge is 2.55. The molecule has 0 amide bonds. The molecular formula is C35H55NO8. The second kappa shape index (κ2) is 17.1. The first-order valence-corrected chi connectivity index (χ1v) is 16.2. The third kappa shape index (κ3) is 9.13. The van der Waals surface area contributed by atoms with Crippen molar-refractivity contribution in [2.75, 3.05) is 20.8 Å². The van der Waals surface area contributed by atoms with Crippen molar-refractivity contribution in [3.8, 4) is 0 Å². The summed E-state index contributed by atoms with van der Waals surface area (Å²) in [6.07, 6.45) is 2.48. The Balaban J connectivity index is 2.44. The van der Waals surface area contributed by atoms with Crippen LogP contribution in [-0.2, 0) is 38.2 Å². The van der Waals surface area contributed by atoms with E-state index < -0.39 is 41.0 Å². The molecule has 0 aliphatic carbocycles. The molecule has 1 saturated heterocycles. The number of piperidine rings is 1. The van der Waals surface area contributed by atoms with Crippen molar-refractivity contribution in [2.45, 2.75) is 123 Å². The highest BCUT2D eigenvalue weighted by molar-refractivity contribution is 5.84. The SMILES string of the molecule is CCCCOC(=O)C(CC(CC(ON1C(C)(CC)CC(=O)C(C)C1(C)CC)C(=O)OC)C(=O)OC)CC(C)c1ccccc1. The van der Waals surface area contributed by atoms with E-state index in [9.17, 15) is 19.2 Å². The molecule has 7 unspecified atom stereocenters. The number of Topliss-reactive ketones (excluding diaryl/α,β-unsaturated/α-hetero) is 1. The van der Waals surface area contributed by atoms with Crippen molar-refractivity contribution in [3.63, 3.8) is 0 Å². The Hall–Kier alpha value is -2.78. The number of nitrogens with zero attached hydrogens (tertiary/aromatic N) is 1. The number of carbonyl (C=O) groups excluding carboxylic acids is 4. The lowest BCUT2D eigenvalue weighted by Gasteiger charge is -2.56. The van der Waals surface area contributed by atoms with Gasteiger partial charge < -0.3 is 14.2 Å². The molecule has 9 heteroatoms. The van der Waals surface area contributed by atoms with Crippen molar-refractivity contribution >= 4 is 23.7 Å². The molecule has 248 valence electrons. The van der Waals surface area contributed by atoms with Gasteiger partial charge in [0.2, 0.25) is 0 Å². The molecule has 0 radical (unpaired) electrons. The second-order valence-corrected chi connectivity index (χ2v) is 12.8. The molecule has 1 aromatic carbocycles. The quantitative estimate of drug-likeness (QED) is 0.111. The van der Waals surface area contributed by atoms with E-state index in [4.69, 9.17) is 19.0 Å². The van der Waals surface area contributed by atoms with Gasteiger partial charge in [0, 0.05) is 12.3 Å². The molecule has 1 fully saturated rings. The number of hydrogen-bond donors (Lipinski definition) is 0. The number of hydrogen-bond acceptors (Lipinski definition) is 9. The maximum Gasteiger partial charge on any atom is 0.337 e. The Labute approximate surface area is 264 Å². The van der Waals surface area contributed by atoms with Gasteiger partial charge in [-0.1, -0.05) is 71.4 Å². The number of hydroxylamine groups is 2. The summed E-state index contributed by atoms with van der Waals surface area (Å²) in [5, 5.41) is 1.82.